The van der Waals surface area contributed by atoms with E-state index in [9.17, 15) is 9.59 Å². The van der Waals surface area contributed by atoms with Crippen molar-refractivity contribution < 1.29 is 19.1 Å². The molecular formula is C18H19NO4S. The van der Waals surface area contributed by atoms with Crippen molar-refractivity contribution in [3.63, 3.8) is 0 Å². The normalized spacial score (nSPS) is 16.8. The van der Waals surface area contributed by atoms with Crippen LogP contribution in [0.2, 0.25) is 0 Å². The highest BCUT2D eigenvalue weighted by atomic mass is 32.1. The molecule has 3 rings (SSSR count). The monoisotopic (exact) mass is 345 g/mol. The molecular weight excluding hydrogens is 326 g/mol. The lowest BCUT2D eigenvalue weighted by atomic mass is 10.0. The lowest BCUT2D eigenvalue weighted by molar-refractivity contribution is -0.124. The Hall–Kier alpha value is -2.18. The van der Waals surface area contributed by atoms with Crippen LogP contribution in [0.25, 0.3) is 11.1 Å². The summed E-state index contributed by atoms with van der Waals surface area (Å²) < 4.78 is 10.4. The van der Waals surface area contributed by atoms with Crippen molar-refractivity contribution in [2.75, 3.05) is 19.0 Å². The van der Waals surface area contributed by atoms with Crippen LogP contribution in [0, 0.1) is 6.92 Å². The predicted octanol–water partition coefficient (Wildman–Crippen LogP) is 3.63. The first kappa shape index (κ1) is 16.7. The lowest BCUT2D eigenvalue weighted by Gasteiger charge is -2.11. The van der Waals surface area contributed by atoms with Gasteiger partial charge in [-0.2, -0.15) is 0 Å². The fourth-order valence-electron chi connectivity index (χ4n) is 2.86. The van der Waals surface area contributed by atoms with E-state index in [-0.39, 0.29) is 5.91 Å². The van der Waals surface area contributed by atoms with Crippen LogP contribution >= 0.6 is 11.3 Å². The van der Waals surface area contributed by atoms with Gasteiger partial charge in [0.2, 0.25) is 0 Å². The topological polar surface area (TPSA) is 64.6 Å². The number of esters is 1. The second kappa shape index (κ2) is 7.15. The van der Waals surface area contributed by atoms with E-state index in [1.54, 1.807) is 0 Å². The number of rotatable bonds is 4. The van der Waals surface area contributed by atoms with Gasteiger partial charge in [0.1, 0.15) is 16.7 Å². The molecule has 1 saturated heterocycles. The highest BCUT2D eigenvalue weighted by molar-refractivity contribution is 7.17. The van der Waals surface area contributed by atoms with Gasteiger partial charge in [0.25, 0.3) is 5.91 Å². The second-order valence-electron chi connectivity index (χ2n) is 5.59. The summed E-state index contributed by atoms with van der Waals surface area (Å²) in [7, 11) is 1.34. The number of thiophene rings is 1. The van der Waals surface area contributed by atoms with Crippen molar-refractivity contribution in [1.82, 2.24) is 0 Å². The third kappa shape index (κ3) is 3.20. The van der Waals surface area contributed by atoms with Crippen LogP contribution in [0.3, 0.4) is 0 Å². The van der Waals surface area contributed by atoms with Crippen molar-refractivity contribution in [3.8, 4) is 11.1 Å². The summed E-state index contributed by atoms with van der Waals surface area (Å²) in [5.74, 6) is -0.667. The number of ether oxygens (including phenoxy) is 2. The first-order chi connectivity index (χ1) is 11.6. The molecule has 1 aliphatic rings. The van der Waals surface area contributed by atoms with Crippen molar-refractivity contribution in [3.05, 3.63) is 40.8 Å². The van der Waals surface area contributed by atoms with Gasteiger partial charge in [0.05, 0.1) is 7.11 Å². The Bertz CT molecular complexity index is 748. The molecule has 2 heterocycles. The number of hydrogen-bond acceptors (Lipinski definition) is 5. The molecule has 0 unspecified atom stereocenters. The van der Waals surface area contributed by atoms with Crippen molar-refractivity contribution in [2.24, 2.45) is 0 Å². The van der Waals surface area contributed by atoms with Gasteiger partial charge in [-0.05, 0) is 25.3 Å². The number of methoxy groups -OCH3 is 1. The number of anilines is 1. The van der Waals surface area contributed by atoms with Crippen molar-refractivity contribution >= 4 is 28.2 Å². The standard InChI is InChI=1S/C18H19NO4S/c1-11-14(12-7-4-3-5-8-12)15(18(21)22-2)17(24-11)19-16(20)13-9-6-10-23-13/h3-5,7-8,13H,6,9-10H2,1-2H3,(H,19,20)/t13-/m1/s1. The third-order valence-electron chi connectivity index (χ3n) is 4.00. The van der Waals surface area contributed by atoms with Crippen molar-refractivity contribution in [1.29, 1.82) is 0 Å². The van der Waals surface area contributed by atoms with Gasteiger partial charge in [-0.15, -0.1) is 11.3 Å². The highest BCUT2D eigenvalue weighted by Gasteiger charge is 2.28. The number of hydrogen-bond donors (Lipinski definition) is 1. The molecule has 1 N–H and O–H groups in total. The zero-order valence-corrected chi connectivity index (χ0v) is 14.4. The largest absolute Gasteiger partial charge is 0.465 e. The van der Waals surface area contributed by atoms with Gasteiger partial charge < -0.3 is 14.8 Å². The van der Waals surface area contributed by atoms with Gasteiger partial charge >= 0.3 is 5.97 Å². The molecule has 0 aliphatic carbocycles. The van der Waals surface area contributed by atoms with Gasteiger partial charge in [0.15, 0.2) is 0 Å². The summed E-state index contributed by atoms with van der Waals surface area (Å²) in [6, 6.07) is 9.62. The molecule has 24 heavy (non-hydrogen) atoms. The van der Waals surface area contributed by atoms with Crippen LogP contribution in [0.5, 0.6) is 0 Å². The zero-order chi connectivity index (χ0) is 17.1. The van der Waals surface area contributed by atoms with Crippen LogP contribution in [0.15, 0.2) is 30.3 Å². The summed E-state index contributed by atoms with van der Waals surface area (Å²) in [6.07, 6.45) is 1.13. The molecule has 126 valence electrons. The molecule has 0 radical (unpaired) electrons. The maximum Gasteiger partial charge on any atom is 0.341 e. The summed E-state index contributed by atoms with van der Waals surface area (Å²) in [5.41, 5.74) is 2.12. The van der Waals surface area contributed by atoms with Crippen LogP contribution in [-0.4, -0.2) is 31.7 Å². The molecule has 1 aromatic carbocycles. The van der Waals surface area contributed by atoms with E-state index in [0.29, 0.717) is 23.6 Å². The number of aryl methyl sites for hydroxylation is 1. The Morgan fingerprint density at radius 3 is 2.67 bits per heavy atom. The highest BCUT2D eigenvalue weighted by Crippen LogP contribution is 2.40. The molecule has 0 spiro atoms. The molecule has 1 atom stereocenters. The Labute approximate surface area is 144 Å². The summed E-state index contributed by atoms with van der Waals surface area (Å²) >= 11 is 1.38. The van der Waals surface area contributed by atoms with Gasteiger partial charge in [0, 0.05) is 17.0 Å². The molecule has 1 aromatic heterocycles. The average molecular weight is 345 g/mol. The van der Waals surface area contributed by atoms with E-state index < -0.39 is 12.1 Å². The smallest absolute Gasteiger partial charge is 0.341 e. The molecule has 2 aromatic rings. The number of carbonyl (C=O) groups excluding carboxylic acids is 2. The fourth-order valence-corrected chi connectivity index (χ4v) is 3.93. The molecule has 1 fully saturated rings. The molecule has 5 nitrogen and oxygen atoms in total. The number of nitrogens with one attached hydrogen (secondary N) is 1. The molecule has 0 bridgehead atoms. The van der Waals surface area contributed by atoms with E-state index in [2.05, 4.69) is 5.32 Å². The van der Waals surface area contributed by atoms with Crippen LogP contribution in [0.4, 0.5) is 5.00 Å². The first-order valence-corrected chi connectivity index (χ1v) is 8.63. The predicted molar refractivity (Wildman–Crippen MR) is 93.4 cm³/mol. The van der Waals surface area contributed by atoms with Crippen LogP contribution in [-0.2, 0) is 14.3 Å². The number of amides is 1. The number of carbonyl (C=O) groups is 2. The Morgan fingerprint density at radius 1 is 1.29 bits per heavy atom. The lowest BCUT2D eigenvalue weighted by Crippen LogP contribution is -2.27. The Morgan fingerprint density at radius 2 is 2.04 bits per heavy atom. The minimum atomic E-state index is -0.458. The van der Waals surface area contributed by atoms with E-state index in [1.165, 1.54) is 18.4 Å². The first-order valence-electron chi connectivity index (χ1n) is 7.81. The Kier molecular flexibility index (Phi) is 4.97. The van der Waals surface area contributed by atoms with Crippen LogP contribution < -0.4 is 5.32 Å². The number of benzene rings is 1. The summed E-state index contributed by atoms with van der Waals surface area (Å²) in [4.78, 5) is 25.6. The Balaban J connectivity index is 2.00. The van der Waals surface area contributed by atoms with E-state index in [4.69, 9.17) is 9.47 Å². The second-order valence-corrected chi connectivity index (χ2v) is 6.81. The minimum absolute atomic E-state index is 0.210. The SMILES string of the molecule is COC(=O)c1c(NC(=O)[C@H]2CCCO2)sc(C)c1-c1ccccc1. The van der Waals surface area contributed by atoms with E-state index >= 15 is 0 Å². The maximum atomic E-state index is 12.4. The summed E-state index contributed by atoms with van der Waals surface area (Å²) in [6.45, 7) is 2.53. The third-order valence-corrected chi connectivity index (χ3v) is 5.02. The quantitative estimate of drug-likeness (QED) is 0.860. The summed E-state index contributed by atoms with van der Waals surface area (Å²) in [5, 5.41) is 3.37. The average Bonchev–Trinajstić information content (AvgIpc) is 3.23. The fraction of sp³-hybridized carbons (Fsp3) is 0.333. The molecule has 0 saturated carbocycles. The van der Waals surface area contributed by atoms with Gasteiger partial charge in [-0.25, -0.2) is 4.79 Å². The minimum Gasteiger partial charge on any atom is -0.465 e. The maximum absolute atomic E-state index is 12.4. The van der Waals surface area contributed by atoms with Crippen molar-refractivity contribution in [2.45, 2.75) is 25.9 Å². The van der Waals surface area contributed by atoms with Crippen LogP contribution in [0.1, 0.15) is 28.1 Å². The van der Waals surface area contributed by atoms with E-state index in [0.717, 1.165) is 22.4 Å². The molecule has 1 aliphatic heterocycles. The molecule has 6 heteroatoms. The van der Waals surface area contributed by atoms with E-state index in [1.807, 2.05) is 37.3 Å². The zero-order valence-electron chi connectivity index (χ0n) is 13.6. The molecule has 1 amide bonds. The van der Waals surface area contributed by atoms with Gasteiger partial charge in [-0.3, -0.25) is 4.79 Å². The van der Waals surface area contributed by atoms with Gasteiger partial charge in [-0.1, -0.05) is 30.3 Å².